The molecule has 35 heavy (non-hydrogen) atoms. The number of carbonyl (C=O) groups is 2. The third-order valence-corrected chi connectivity index (χ3v) is 6.40. The van der Waals surface area contributed by atoms with Crippen molar-refractivity contribution in [2.24, 2.45) is 0 Å². The second-order valence-electron chi connectivity index (χ2n) is 7.81. The van der Waals surface area contributed by atoms with Crippen LogP contribution in [0.3, 0.4) is 0 Å². The Morgan fingerprint density at radius 3 is 2.34 bits per heavy atom. The average Bonchev–Trinajstić information content (AvgIpc) is 3.12. The van der Waals surface area contributed by atoms with E-state index in [1.165, 1.54) is 10.5 Å². The van der Waals surface area contributed by atoms with E-state index in [1.54, 1.807) is 49.6 Å². The van der Waals surface area contributed by atoms with Crippen LogP contribution in [0.2, 0.25) is 5.02 Å². The topological polar surface area (TPSA) is 65.1 Å². The van der Waals surface area contributed by atoms with Gasteiger partial charge in [0.2, 0.25) is 0 Å². The molecule has 1 aliphatic rings. The maximum absolute atomic E-state index is 12.8. The highest BCUT2D eigenvalue weighted by atomic mass is 35.5. The quantitative estimate of drug-likeness (QED) is 0.247. The number of hydrogen-bond acceptors (Lipinski definition) is 6. The number of rotatable bonds is 9. The van der Waals surface area contributed by atoms with Crippen LogP contribution in [0, 0.1) is 6.92 Å². The lowest BCUT2D eigenvalue weighted by Gasteiger charge is -2.13. The molecule has 180 valence electrons. The molecule has 3 aromatic rings. The summed E-state index contributed by atoms with van der Waals surface area (Å²) >= 11 is 6.83. The molecule has 4 rings (SSSR count). The highest BCUT2D eigenvalue weighted by molar-refractivity contribution is 8.18. The molecule has 1 fully saturated rings. The highest BCUT2D eigenvalue weighted by Crippen LogP contribution is 2.35. The number of benzene rings is 3. The van der Waals surface area contributed by atoms with Crippen molar-refractivity contribution in [3.63, 3.8) is 0 Å². The van der Waals surface area contributed by atoms with Crippen molar-refractivity contribution >= 4 is 40.6 Å². The number of halogens is 1. The summed E-state index contributed by atoms with van der Waals surface area (Å²) < 4.78 is 17.0. The minimum atomic E-state index is -0.331. The summed E-state index contributed by atoms with van der Waals surface area (Å²) in [5.41, 5.74) is 2.72. The lowest BCUT2D eigenvalue weighted by atomic mass is 10.1. The van der Waals surface area contributed by atoms with Gasteiger partial charge in [-0.1, -0.05) is 47.5 Å². The van der Waals surface area contributed by atoms with Gasteiger partial charge in [-0.2, -0.15) is 0 Å². The molecule has 0 aliphatic carbocycles. The number of nitrogens with zero attached hydrogens (tertiary/aromatic N) is 1. The molecule has 1 heterocycles. The number of carbonyl (C=O) groups excluding carboxylic acids is 2. The lowest BCUT2D eigenvalue weighted by molar-refractivity contribution is -0.123. The Kier molecular flexibility index (Phi) is 8.00. The van der Waals surface area contributed by atoms with E-state index < -0.39 is 0 Å². The SMILES string of the molecule is COc1cc(/C=C2\SC(=O)N(Cc3ccc(Cl)cc3)C2=O)ccc1OCCOc1ccc(C)cc1. The number of amides is 2. The summed E-state index contributed by atoms with van der Waals surface area (Å²) in [7, 11) is 1.55. The Labute approximate surface area is 213 Å². The minimum Gasteiger partial charge on any atom is -0.493 e. The van der Waals surface area contributed by atoms with Gasteiger partial charge in [-0.15, -0.1) is 0 Å². The van der Waals surface area contributed by atoms with Gasteiger partial charge in [0.05, 0.1) is 18.6 Å². The Balaban J connectivity index is 1.38. The van der Waals surface area contributed by atoms with E-state index >= 15 is 0 Å². The fourth-order valence-corrected chi connectivity index (χ4v) is 4.36. The summed E-state index contributed by atoms with van der Waals surface area (Å²) in [5.74, 6) is 1.54. The second-order valence-corrected chi connectivity index (χ2v) is 9.24. The first-order valence-corrected chi connectivity index (χ1v) is 12.1. The number of methoxy groups -OCH3 is 1. The molecule has 8 heteroatoms. The lowest BCUT2D eigenvalue weighted by Crippen LogP contribution is -2.27. The van der Waals surface area contributed by atoms with Gasteiger partial charge in [0.25, 0.3) is 11.1 Å². The monoisotopic (exact) mass is 509 g/mol. The van der Waals surface area contributed by atoms with Gasteiger partial charge < -0.3 is 14.2 Å². The first-order valence-electron chi connectivity index (χ1n) is 10.9. The summed E-state index contributed by atoms with van der Waals surface area (Å²) in [4.78, 5) is 26.9. The van der Waals surface area contributed by atoms with E-state index in [-0.39, 0.29) is 17.7 Å². The zero-order valence-corrected chi connectivity index (χ0v) is 20.9. The van der Waals surface area contributed by atoms with Crippen molar-refractivity contribution < 1.29 is 23.8 Å². The van der Waals surface area contributed by atoms with Crippen LogP contribution in [0.1, 0.15) is 16.7 Å². The molecule has 0 saturated carbocycles. The maximum Gasteiger partial charge on any atom is 0.293 e. The molecule has 1 saturated heterocycles. The number of imide groups is 1. The van der Waals surface area contributed by atoms with Gasteiger partial charge >= 0.3 is 0 Å². The van der Waals surface area contributed by atoms with Crippen molar-refractivity contribution in [1.29, 1.82) is 0 Å². The van der Waals surface area contributed by atoms with Crippen molar-refractivity contribution in [3.8, 4) is 17.2 Å². The summed E-state index contributed by atoms with van der Waals surface area (Å²) in [6.07, 6.45) is 1.68. The minimum absolute atomic E-state index is 0.194. The van der Waals surface area contributed by atoms with Gasteiger partial charge in [0.1, 0.15) is 19.0 Å². The number of thioether (sulfide) groups is 1. The maximum atomic E-state index is 12.8. The van der Waals surface area contributed by atoms with Crippen molar-refractivity contribution in [2.75, 3.05) is 20.3 Å². The third kappa shape index (κ3) is 6.38. The van der Waals surface area contributed by atoms with Crippen LogP contribution in [0.15, 0.2) is 71.6 Å². The van der Waals surface area contributed by atoms with Crippen LogP contribution in [-0.2, 0) is 11.3 Å². The smallest absolute Gasteiger partial charge is 0.293 e. The molecular weight excluding hydrogens is 486 g/mol. The molecule has 0 radical (unpaired) electrons. The van der Waals surface area contributed by atoms with Gasteiger partial charge in [-0.3, -0.25) is 14.5 Å². The van der Waals surface area contributed by atoms with E-state index in [0.29, 0.717) is 34.6 Å². The van der Waals surface area contributed by atoms with Crippen LogP contribution in [-0.4, -0.2) is 36.4 Å². The second kappa shape index (κ2) is 11.3. The fraction of sp³-hybridized carbons (Fsp3) is 0.185. The Morgan fingerprint density at radius 2 is 1.63 bits per heavy atom. The van der Waals surface area contributed by atoms with Crippen molar-refractivity contribution in [2.45, 2.75) is 13.5 Å². The van der Waals surface area contributed by atoms with E-state index in [1.807, 2.05) is 37.3 Å². The summed E-state index contributed by atoms with van der Waals surface area (Å²) in [5, 5.41) is 0.291. The van der Waals surface area contributed by atoms with Crippen LogP contribution in [0.4, 0.5) is 4.79 Å². The predicted octanol–water partition coefficient (Wildman–Crippen LogP) is 6.35. The van der Waals surface area contributed by atoms with E-state index in [9.17, 15) is 9.59 Å². The molecule has 0 aromatic heterocycles. The summed E-state index contributed by atoms with van der Waals surface area (Å²) in [6, 6.07) is 20.2. The van der Waals surface area contributed by atoms with E-state index in [4.69, 9.17) is 25.8 Å². The highest BCUT2D eigenvalue weighted by Gasteiger charge is 2.35. The van der Waals surface area contributed by atoms with Crippen LogP contribution in [0.5, 0.6) is 17.2 Å². The molecular formula is C27H24ClNO5S. The van der Waals surface area contributed by atoms with Gasteiger partial charge in [-0.05, 0) is 72.3 Å². The zero-order valence-electron chi connectivity index (χ0n) is 19.3. The molecule has 0 spiro atoms. The first kappa shape index (κ1) is 24.7. The average molecular weight is 510 g/mol. The molecule has 6 nitrogen and oxygen atoms in total. The van der Waals surface area contributed by atoms with Gasteiger partial charge in [-0.25, -0.2) is 0 Å². The molecule has 0 N–H and O–H groups in total. The standard InChI is InChI=1S/C27H24ClNO5S/c1-18-3-10-22(11-4-18)33-13-14-34-23-12-7-20(15-24(23)32-2)16-25-26(30)29(27(31)35-25)17-19-5-8-21(28)9-6-19/h3-12,15-16H,13-14,17H2,1-2H3/b25-16-. The largest absolute Gasteiger partial charge is 0.493 e. The van der Waals surface area contributed by atoms with Crippen molar-refractivity contribution in [3.05, 3.63) is 93.3 Å². The van der Waals surface area contributed by atoms with Crippen LogP contribution < -0.4 is 14.2 Å². The normalized spacial score (nSPS) is 14.5. The van der Waals surface area contributed by atoms with E-state index in [2.05, 4.69) is 0 Å². The predicted molar refractivity (Wildman–Crippen MR) is 138 cm³/mol. The molecule has 0 bridgehead atoms. The Hall–Kier alpha value is -3.42. The Morgan fingerprint density at radius 1 is 0.914 bits per heavy atom. The van der Waals surface area contributed by atoms with Crippen LogP contribution in [0.25, 0.3) is 6.08 Å². The molecule has 1 aliphatic heterocycles. The molecule has 2 amide bonds. The van der Waals surface area contributed by atoms with Gasteiger partial charge in [0.15, 0.2) is 11.5 Å². The number of hydrogen-bond donors (Lipinski definition) is 0. The third-order valence-electron chi connectivity index (χ3n) is 5.24. The number of aryl methyl sites for hydroxylation is 1. The van der Waals surface area contributed by atoms with Crippen LogP contribution >= 0.6 is 23.4 Å². The number of ether oxygens (including phenoxy) is 3. The summed E-state index contributed by atoms with van der Waals surface area (Å²) in [6.45, 7) is 2.94. The van der Waals surface area contributed by atoms with E-state index in [0.717, 1.165) is 28.6 Å². The van der Waals surface area contributed by atoms with Gasteiger partial charge in [0, 0.05) is 5.02 Å². The zero-order chi connectivity index (χ0) is 24.8. The fourth-order valence-electron chi connectivity index (χ4n) is 3.40. The Bertz CT molecular complexity index is 1240. The first-order chi connectivity index (χ1) is 16.9. The van der Waals surface area contributed by atoms with Crippen molar-refractivity contribution in [1.82, 2.24) is 4.90 Å². The molecule has 3 aromatic carbocycles. The molecule has 0 atom stereocenters. The molecule has 0 unspecified atom stereocenters.